The molecule has 0 bridgehead atoms. The number of aliphatic imine (C=N–C) groups is 1. The summed E-state index contributed by atoms with van der Waals surface area (Å²) < 4.78 is 1.90. The Hall–Kier alpha value is -1.93. The lowest BCUT2D eigenvalue weighted by Gasteiger charge is -2.31. The summed E-state index contributed by atoms with van der Waals surface area (Å²) in [6.07, 6.45) is 8.95. The zero-order valence-electron chi connectivity index (χ0n) is 19.3. The SMILES string of the molecule is CCNC(=NCC1CCN(Cc2csc(C)n2)CC1)N1CCC(Cc2cnn(C)c2)C1. The largest absolute Gasteiger partial charge is 0.357 e. The minimum atomic E-state index is 0.686. The number of aryl methyl sites for hydroxylation is 2. The Morgan fingerprint density at radius 2 is 2.03 bits per heavy atom. The van der Waals surface area contributed by atoms with Crippen molar-refractivity contribution in [2.75, 3.05) is 39.3 Å². The van der Waals surface area contributed by atoms with Gasteiger partial charge in [-0.2, -0.15) is 5.10 Å². The van der Waals surface area contributed by atoms with E-state index in [2.05, 4.69) is 50.6 Å². The molecule has 0 aliphatic carbocycles. The second kappa shape index (κ2) is 10.6. The van der Waals surface area contributed by atoms with Crippen LogP contribution in [0.25, 0.3) is 0 Å². The predicted molar refractivity (Wildman–Crippen MR) is 127 cm³/mol. The van der Waals surface area contributed by atoms with E-state index in [-0.39, 0.29) is 0 Å². The summed E-state index contributed by atoms with van der Waals surface area (Å²) in [5.74, 6) is 2.48. The third-order valence-corrected chi connectivity index (χ3v) is 7.28. The highest BCUT2D eigenvalue weighted by Gasteiger charge is 2.26. The molecule has 170 valence electrons. The fourth-order valence-electron chi connectivity index (χ4n) is 4.78. The van der Waals surface area contributed by atoms with Crippen LogP contribution in [0.5, 0.6) is 0 Å². The highest BCUT2D eigenvalue weighted by molar-refractivity contribution is 7.09. The van der Waals surface area contributed by atoms with Crippen molar-refractivity contribution >= 4 is 17.3 Å². The Balaban J connectivity index is 1.24. The van der Waals surface area contributed by atoms with Crippen LogP contribution in [0, 0.1) is 18.8 Å². The molecule has 1 N–H and O–H groups in total. The number of thiazole rings is 1. The molecule has 1 unspecified atom stereocenters. The van der Waals surface area contributed by atoms with E-state index < -0.39 is 0 Å². The zero-order valence-corrected chi connectivity index (χ0v) is 20.1. The van der Waals surface area contributed by atoms with Gasteiger partial charge in [-0.3, -0.25) is 14.6 Å². The van der Waals surface area contributed by atoms with Crippen molar-refractivity contribution in [1.82, 2.24) is 29.9 Å². The molecule has 0 aromatic carbocycles. The lowest BCUT2D eigenvalue weighted by atomic mass is 9.97. The van der Waals surface area contributed by atoms with Crippen molar-refractivity contribution in [1.29, 1.82) is 0 Å². The first-order chi connectivity index (χ1) is 15.1. The van der Waals surface area contributed by atoms with Gasteiger partial charge in [0.25, 0.3) is 0 Å². The Labute approximate surface area is 190 Å². The van der Waals surface area contributed by atoms with Gasteiger partial charge in [0.15, 0.2) is 5.96 Å². The van der Waals surface area contributed by atoms with E-state index in [0.717, 1.165) is 58.2 Å². The van der Waals surface area contributed by atoms with Crippen molar-refractivity contribution in [3.8, 4) is 0 Å². The molecule has 0 radical (unpaired) electrons. The van der Waals surface area contributed by atoms with Gasteiger partial charge >= 0.3 is 0 Å². The third kappa shape index (κ3) is 6.29. The van der Waals surface area contributed by atoms with Crippen molar-refractivity contribution in [3.05, 3.63) is 34.0 Å². The molecule has 2 aromatic rings. The van der Waals surface area contributed by atoms with Gasteiger partial charge in [0, 0.05) is 51.3 Å². The maximum absolute atomic E-state index is 5.06. The first-order valence-electron chi connectivity index (χ1n) is 11.7. The predicted octanol–water partition coefficient (Wildman–Crippen LogP) is 2.93. The van der Waals surface area contributed by atoms with Crippen LogP contribution in [0.2, 0.25) is 0 Å². The van der Waals surface area contributed by atoms with E-state index in [9.17, 15) is 0 Å². The molecule has 2 aromatic heterocycles. The molecule has 8 heteroatoms. The molecular formula is C23H37N7S. The summed E-state index contributed by atoms with van der Waals surface area (Å²) in [7, 11) is 1.99. The highest BCUT2D eigenvalue weighted by Crippen LogP contribution is 2.22. The van der Waals surface area contributed by atoms with Gasteiger partial charge in [0.1, 0.15) is 0 Å². The summed E-state index contributed by atoms with van der Waals surface area (Å²) in [4.78, 5) is 14.7. The molecule has 2 fully saturated rings. The van der Waals surface area contributed by atoms with E-state index in [1.165, 1.54) is 35.5 Å². The molecular weight excluding hydrogens is 406 g/mol. The lowest BCUT2D eigenvalue weighted by molar-refractivity contribution is 0.179. The second-order valence-corrected chi connectivity index (χ2v) is 10.2. The van der Waals surface area contributed by atoms with E-state index >= 15 is 0 Å². The standard InChI is InChI=1S/C23H37N7S/c1-4-24-23(30-10-7-20(15-30)11-21-13-26-28(3)14-21)25-12-19-5-8-29(9-6-19)16-22-17-31-18(2)27-22/h13-14,17,19-20H,4-12,15-16H2,1-3H3,(H,24,25). The Morgan fingerprint density at radius 1 is 1.23 bits per heavy atom. The molecule has 1 atom stereocenters. The number of nitrogens with zero attached hydrogens (tertiary/aromatic N) is 6. The number of guanidine groups is 1. The monoisotopic (exact) mass is 443 g/mol. The maximum atomic E-state index is 5.06. The van der Waals surface area contributed by atoms with E-state index in [1.807, 2.05) is 17.9 Å². The molecule has 0 amide bonds. The van der Waals surface area contributed by atoms with Gasteiger partial charge in [0.05, 0.1) is 16.9 Å². The van der Waals surface area contributed by atoms with Crippen LogP contribution in [0.4, 0.5) is 0 Å². The molecule has 31 heavy (non-hydrogen) atoms. The maximum Gasteiger partial charge on any atom is 0.193 e. The number of nitrogens with one attached hydrogen (secondary N) is 1. The molecule has 2 aliphatic rings. The average Bonchev–Trinajstić information content (AvgIpc) is 3.49. The first-order valence-corrected chi connectivity index (χ1v) is 12.6. The number of aromatic nitrogens is 3. The quantitative estimate of drug-likeness (QED) is 0.527. The van der Waals surface area contributed by atoms with Gasteiger partial charge in [-0.15, -0.1) is 11.3 Å². The molecule has 4 rings (SSSR count). The lowest BCUT2D eigenvalue weighted by Crippen LogP contribution is -2.41. The van der Waals surface area contributed by atoms with Crippen LogP contribution in [0.3, 0.4) is 0 Å². The van der Waals surface area contributed by atoms with Crippen molar-refractivity contribution in [3.63, 3.8) is 0 Å². The summed E-state index contributed by atoms with van der Waals surface area (Å²) in [6, 6.07) is 0. The fraction of sp³-hybridized carbons (Fsp3) is 0.696. The summed E-state index contributed by atoms with van der Waals surface area (Å²) >= 11 is 1.75. The van der Waals surface area contributed by atoms with Crippen LogP contribution >= 0.6 is 11.3 Å². The van der Waals surface area contributed by atoms with Gasteiger partial charge in [-0.25, -0.2) is 4.98 Å². The zero-order chi connectivity index (χ0) is 21.6. The van der Waals surface area contributed by atoms with Crippen molar-refractivity contribution < 1.29 is 0 Å². The van der Waals surface area contributed by atoms with Crippen molar-refractivity contribution in [2.45, 2.75) is 46.1 Å². The van der Waals surface area contributed by atoms with Crippen LogP contribution in [0.15, 0.2) is 22.8 Å². The average molecular weight is 444 g/mol. The van der Waals surface area contributed by atoms with Crippen LogP contribution in [0.1, 0.15) is 42.5 Å². The highest BCUT2D eigenvalue weighted by atomic mass is 32.1. The van der Waals surface area contributed by atoms with Gasteiger partial charge < -0.3 is 10.2 Å². The van der Waals surface area contributed by atoms with Gasteiger partial charge in [-0.05, 0) is 70.0 Å². The smallest absolute Gasteiger partial charge is 0.193 e. The van der Waals surface area contributed by atoms with Crippen molar-refractivity contribution in [2.24, 2.45) is 23.9 Å². The van der Waals surface area contributed by atoms with E-state index in [0.29, 0.717) is 11.8 Å². The summed E-state index contributed by atoms with van der Waals surface area (Å²) in [5.41, 5.74) is 2.57. The Kier molecular flexibility index (Phi) is 7.61. The number of rotatable bonds is 7. The van der Waals surface area contributed by atoms with Crippen LogP contribution < -0.4 is 5.32 Å². The molecule has 4 heterocycles. The Morgan fingerprint density at radius 3 is 2.71 bits per heavy atom. The summed E-state index contributed by atoms with van der Waals surface area (Å²) in [6.45, 7) is 11.6. The number of hydrogen-bond acceptors (Lipinski definition) is 5. The second-order valence-electron chi connectivity index (χ2n) is 9.10. The minimum Gasteiger partial charge on any atom is -0.357 e. The topological polar surface area (TPSA) is 61.6 Å². The first kappa shape index (κ1) is 22.3. The normalized spacial score (nSPS) is 21.2. The van der Waals surface area contributed by atoms with Crippen LogP contribution in [-0.4, -0.2) is 69.8 Å². The Bertz CT molecular complexity index is 850. The minimum absolute atomic E-state index is 0.686. The number of piperidine rings is 1. The molecule has 2 saturated heterocycles. The van der Waals surface area contributed by atoms with Gasteiger partial charge in [-0.1, -0.05) is 0 Å². The number of hydrogen-bond donors (Lipinski definition) is 1. The molecule has 0 saturated carbocycles. The third-order valence-electron chi connectivity index (χ3n) is 6.46. The molecule has 0 spiro atoms. The fourth-order valence-corrected chi connectivity index (χ4v) is 5.38. The van der Waals surface area contributed by atoms with E-state index in [4.69, 9.17) is 4.99 Å². The molecule has 2 aliphatic heterocycles. The number of likely N-dealkylation sites (tertiary alicyclic amines) is 2. The van der Waals surface area contributed by atoms with Crippen LogP contribution in [-0.2, 0) is 20.0 Å². The van der Waals surface area contributed by atoms with E-state index in [1.54, 1.807) is 11.3 Å². The molecule has 7 nitrogen and oxygen atoms in total. The summed E-state index contributed by atoms with van der Waals surface area (Å²) in [5, 5.41) is 11.2. The van der Waals surface area contributed by atoms with Gasteiger partial charge in [0.2, 0.25) is 0 Å².